The number of hydrazone groups is 1. The average molecular weight is 279 g/mol. The third-order valence-corrected chi connectivity index (χ3v) is 3.90. The Labute approximate surface area is 112 Å². The number of fused-ring (bicyclic) bond motifs is 1. The number of carbonyl (C=O) groups excluding carboxylic acids is 2. The van der Waals surface area contributed by atoms with E-state index in [1.165, 1.54) is 6.07 Å². The Hall–Kier alpha value is -1.89. The number of carbonyl (C=O) groups is 2. The Bertz CT molecular complexity index is 630. The molecule has 0 fully saturated rings. The summed E-state index contributed by atoms with van der Waals surface area (Å²) in [6.07, 6.45) is 0.168. The fourth-order valence-corrected chi connectivity index (χ4v) is 2.91. The predicted octanol–water partition coefficient (Wildman–Crippen LogP) is 1.87. The Kier molecular flexibility index (Phi) is 2.78. The van der Waals surface area contributed by atoms with Gasteiger partial charge in [-0.1, -0.05) is 11.8 Å². The van der Waals surface area contributed by atoms with Gasteiger partial charge in [-0.2, -0.15) is 5.10 Å². The highest BCUT2D eigenvalue weighted by molar-refractivity contribution is 8.14. The van der Waals surface area contributed by atoms with Crippen molar-refractivity contribution < 1.29 is 14.0 Å². The van der Waals surface area contributed by atoms with Gasteiger partial charge < -0.3 is 5.32 Å². The summed E-state index contributed by atoms with van der Waals surface area (Å²) < 4.78 is 13.9. The van der Waals surface area contributed by atoms with Crippen molar-refractivity contribution in [2.45, 2.75) is 18.6 Å². The molecule has 0 unspecified atom stereocenters. The molecule has 0 spiro atoms. The average Bonchev–Trinajstić information content (AvgIpc) is 2.70. The number of amides is 2. The summed E-state index contributed by atoms with van der Waals surface area (Å²) in [6, 6.07) is 3.07. The Morgan fingerprint density at radius 3 is 2.95 bits per heavy atom. The van der Waals surface area contributed by atoms with Gasteiger partial charge in [0.25, 0.3) is 5.24 Å². The molecule has 0 aromatic heterocycles. The molecule has 7 heteroatoms. The van der Waals surface area contributed by atoms with Gasteiger partial charge in [0.1, 0.15) is 5.82 Å². The molecule has 0 saturated carbocycles. The molecule has 5 nitrogen and oxygen atoms in total. The minimum atomic E-state index is -0.477. The number of thioether (sulfide) groups is 1. The van der Waals surface area contributed by atoms with Crippen LogP contribution in [0.15, 0.2) is 17.2 Å². The quantitative estimate of drug-likeness (QED) is 0.824. The van der Waals surface area contributed by atoms with Crippen LogP contribution in [-0.4, -0.2) is 22.1 Å². The van der Waals surface area contributed by atoms with Crippen LogP contribution in [0.1, 0.15) is 18.1 Å². The van der Waals surface area contributed by atoms with Gasteiger partial charge in [0, 0.05) is 5.56 Å². The maximum atomic E-state index is 13.9. The molecule has 2 aliphatic heterocycles. The molecule has 0 aliphatic carbocycles. The Balaban J connectivity index is 2.03. The molecule has 1 aromatic rings. The number of nitrogens with zero attached hydrogens (tertiary/aromatic N) is 1. The first-order valence-electron chi connectivity index (χ1n) is 5.71. The summed E-state index contributed by atoms with van der Waals surface area (Å²) in [7, 11) is 0. The van der Waals surface area contributed by atoms with Gasteiger partial charge in [-0.3, -0.25) is 9.59 Å². The molecule has 3 rings (SSSR count). The van der Waals surface area contributed by atoms with Crippen LogP contribution in [0.3, 0.4) is 0 Å². The van der Waals surface area contributed by atoms with Crippen molar-refractivity contribution in [3.63, 3.8) is 0 Å². The number of hydrogen-bond donors (Lipinski definition) is 2. The molecule has 0 bridgehead atoms. The van der Waals surface area contributed by atoms with E-state index in [1.54, 1.807) is 6.07 Å². The van der Waals surface area contributed by atoms with Gasteiger partial charge >= 0.3 is 0 Å². The summed E-state index contributed by atoms with van der Waals surface area (Å²) >= 11 is 1.10. The van der Waals surface area contributed by atoms with E-state index in [4.69, 9.17) is 0 Å². The molecule has 2 amide bonds. The van der Waals surface area contributed by atoms with E-state index in [2.05, 4.69) is 15.8 Å². The monoisotopic (exact) mass is 279 g/mol. The highest BCUT2D eigenvalue weighted by Gasteiger charge is 2.27. The van der Waals surface area contributed by atoms with Crippen molar-refractivity contribution in [3.05, 3.63) is 29.1 Å². The van der Waals surface area contributed by atoms with E-state index in [1.807, 2.05) is 6.92 Å². The lowest BCUT2D eigenvalue weighted by Crippen LogP contribution is -2.29. The summed E-state index contributed by atoms with van der Waals surface area (Å²) in [6.45, 7) is 1.83. The second-order valence-electron chi connectivity index (χ2n) is 4.37. The molecule has 0 saturated heterocycles. The fourth-order valence-electron chi connectivity index (χ4n) is 2.19. The smallest absolute Gasteiger partial charge is 0.299 e. The molecule has 1 aromatic carbocycles. The number of rotatable bonds is 1. The van der Waals surface area contributed by atoms with Crippen molar-refractivity contribution in [2.75, 3.05) is 5.32 Å². The van der Waals surface area contributed by atoms with Crippen LogP contribution in [0.5, 0.6) is 0 Å². The fraction of sp³-hybridized carbons (Fsp3) is 0.250. The molecule has 2 N–H and O–H groups in total. The zero-order valence-corrected chi connectivity index (χ0v) is 10.8. The number of hydrogen-bond acceptors (Lipinski definition) is 4. The second kappa shape index (κ2) is 4.34. The summed E-state index contributed by atoms with van der Waals surface area (Å²) in [4.78, 5) is 22.4. The summed E-state index contributed by atoms with van der Waals surface area (Å²) in [5.41, 5.74) is 4.42. The van der Waals surface area contributed by atoms with E-state index in [0.29, 0.717) is 16.8 Å². The topological polar surface area (TPSA) is 70.6 Å². The van der Waals surface area contributed by atoms with Crippen LogP contribution in [-0.2, 0) is 11.2 Å². The van der Waals surface area contributed by atoms with Crippen molar-refractivity contribution in [3.8, 4) is 0 Å². The van der Waals surface area contributed by atoms with E-state index >= 15 is 0 Å². The molecule has 2 heterocycles. The lowest BCUT2D eigenvalue weighted by atomic mass is 10.0. The van der Waals surface area contributed by atoms with Crippen LogP contribution in [0, 0.1) is 5.82 Å². The van der Waals surface area contributed by atoms with Crippen molar-refractivity contribution >= 4 is 34.3 Å². The van der Waals surface area contributed by atoms with Gasteiger partial charge in [-0.15, -0.1) is 0 Å². The highest BCUT2D eigenvalue weighted by atomic mass is 32.2. The zero-order chi connectivity index (χ0) is 13.6. The zero-order valence-electron chi connectivity index (χ0n) is 9.99. The number of nitrogens with one attached hydrogen (secondary N) is 2. The lowest BCUT2D eigenvalue weighted by Gasteiger charge is -2.19. The number of halogens is 1. The van der Waals surface area contributed by atoms with E-state index in [0.717, 1.165) is 11.8 Å². The van der Waals surface area contributed by atoms with Gasteiger partial charge in [0.2, 0.25) is 5.91 Å². The number of benzene rings is 1. The van der Waals surface area contributed by atoms with Crippen LogP contribution < -0.4 is 10.7 Å². The van der Waals surface area contributed by atoms with Gasteiger partial charge in [-0.25, -0.2) is 9.82 Å². The Morgan fingerprint density at radius 2 is 2.21 bits per heavy atom. The maximum absolute atomic E-state index is 13.9. The standard InChI is InChI=1S/C12H10FN3O2S/c1-5-10(15-16-12(18)19-5)6-2-7-4-9(17)14-11(7)8(13)3-6/h2-3,5H,4H2,1H3,(H,14,17)(H,16,18)/t5-/m0/s1. The minimum Gasteiger partial charge on any atom is -0.323 e. The van der Waals surface area contributed by atoms with E-state index in [9.17, 15) is 14.0 Å². The van der Waals surface area contributed by atoms with Crippen LogP contribution in [0.25, 0.3) is 0 Å². The van der Waals surface area contributed by atoms with Gasteiger partial charge in [-0.05, 0) is 24.6 Å². The first-order chi connectivity index (χ1) is 9.04. The molecule has 1 atom stereocenters. The summed E-state index contributed by atoms with van der Waals surface area (Å²) in [5, 5.41) is 6.07. The summed E-state index contributed by atoms with van der Waals surface area (Å²) in [5.74, 6) is -0.692. The highest BCUT2D eigenvalue weighted by Crippen LogP contribution is 2.30. The molecular formula is C12H10FN3O2S. The first-order valence-corrected chi connectivity index (χ1v) is 6.59. The third-order valence-electron chi connectivity index (χ3n) is 3.02. The predicted molar refractivity (Wildman–Crippen MR) is 70.9 cm³/mol. The van der Waals surface area contributed by atoms with E-state index in [-0.39, 0.29) is 28.5 Å². The Morgan fingerprint density at radius 1 is 1.42 bits per heavy atom. The first kappa shape index (κ1) is 12.2. The van der Waals surface area contributed by atoms with Crippen molar-refractivity contribution in [1.82, 2.24) is 5.43 Å². The normalized spacial score (nSPS) is 21.6. The van der Waals surface area contributed by atoms with E-state index < -0.39 is 5.82 Å². The van der Waals surface area contributed by atoms with Crippen LogP contribution >= 0.6 is 11.8 Å². The second-order valence-corrected chi connectivity index (χ2v) is 5.69. The van der Waals surface area contributed by atoms with Crippen molar-refractivity contribution in [1.29, 1.82) is 0 Å². The van der Waals surface area contributed by atoms with Crippen molar-refractivity contribution in [2.24, 2.45) is 5.10 Å². The molecule has 2 aliphatic rings. The lowest BCUT2D eigenvalue weighted by molar-refractivity contribution is -0.115. The van der Waals surface area contributed by atoms with Crippen LogP contribution in [0.2, 0.25) is 0 Å². The maximum Gasteiger partial charge on any atom is 0.299 e. The molecular weight excluding hydrogens is 269 g/mol. The minimum absolute atomic E-state index is 0.156. The number of anilines is 1. The van der Waals surface area contributed by atoms with Crippen LogP contribution in [0.4, 0.5) is 14.9 Å². The molecule has 98 valence electrons. The SMILES string of the molecule is C[C@@H]1SC(=O)NN=C1c1cc(F)c2c(c1)CC(=O)N2. The van der Waals surface area contributed by atoms with Gasteiger partial charge in [0.05, 0.1) is 23.1 Å². The van der Waals surface area contributed by atoms with Gasteiger partial charge in [0.15, 0.2) is 0 Å². The molecule has 0 radical (unpaired) electrons. The largest absolute Gasteiger partial charge is 0.323 e. The third kappa shape index (κ3) is 2.10. The molecule has 19 heavy (non-hydrogen) atoms.